The van der Waals surface area contributed by atoms with Gasteiger partial charge in [-0.2, -0.15) is 0 Å². The van der Waals surface area contributed by atoms with E-state index in [0.717, 1.165) is 30.4 Å². The molecule has 0 radical (unpaired) electrons. The van der Waals surface area contributed by atoms with E-state index >= 15 is 0 Å². The summed E-state index contributed by atoms with van der Waals surface area (Å²) < 4.78 is 5.67. The Bertz CT molecular complexity index is 632. The van der Waals surface area contributed by atoms with E-state index in [0.29, 0.717) is 0 Å². The molecule has 122 valence electrons. The van der Waals surface area contributed by atoms with Gasteiger partial charge in [-0.05, 0) is 43.4 Å². The van der Waals surface area contributed by atoms with Gasteiger partial charge in [-0.1, -0.05) is 38.3 Å². The fourth-order valence-electron chi connectivity index (χ4n) is 3.21. The number of ether oxygens (including phenoxy) is 1. The van der Waals surface area contributed by atoms with Crippen molar-refractivity contribution in [3.63, 3.8) is 0 Å². The molecule has 1 aromatic rings. The fourth-order valence-corrected chi connectivity index (χ4v) is 3.21. The van der Waals surface area contributed by atoms with Gasteiger partial charge in [-0.25, -0.2) is 0 Å². The molecule has 1 fully saturated rings. The van der Waals surface area contributed by atoms with E-state index in [4.69, 9.17) is 4.74 Å². The maximum Gasteiger partial charge on any atom is 0.314 e. The number of hydrogen-bond acceptors (Lipinski definition) is 3. The van der Waals surface area contributed by atoms with Crippen molar-refractivity contribution in [1.82, 2.24) is 0 Å². The first-order chi connectivity index (χ1) is 11.0. The van der Waals surface area contributed by atoms with Gasteiger partial charge in [0, 0.05) is 11.5 Å². The number of aryl methyl sites for hydroxylation is 1. The third-order valence-corrected chi connectivity index (χ3v) is 4.32. The second-order valence-corrected chi connectivity index (χ2v) is 6.27. The molecule has 0 bridgehead atoms. The number of rotatable bonds is 4. The lowest BCUT2D eigenvalue weighted by Crippen LogP contribution is -2.47. The molecule has 0 amide bonds. The lowest BCUT2D eigenvalue weighted by atomic mass is 9.77. The molecule has 1 saturated heterocycles. The molecule has 0 spiro atoms. The summed E-state index contributed by atoms with van der Waals surface area (Å²) in [6, 6.07) is 7.89. The quantitative estimate of drug-likeness (QED) is 0.482. The van der Waals surface area contributed by atoms with E-state index in [1.54, 1.807) is 0 Å². The van der Waals surface area contributed by atoms with Gasteiger partial charge in [-0.15, -0.1) is 0 Å². The minimum Gasteiger partial charge on any atom is -0.445 e. The monoisotopic (exact) mass is 312 g/mol. The van der Waals surface area contributed by atoms with Crippen LogP contribution < -0.4 is 0 Å². The highest BCUT2D eigenvalue weighted by Crippen LogP contribution is 2.35. The zero-order valence-electron chi connectivity index (χ0n) is 14.1. The number of benzene rings is 1. The summed E-state index contributed by atoms with van der Waals surface area (Å²) in [7, 11) is 0. The molecule has 2 atom stereocenters. The Balaban J connectivity index is 2.41. The van der Waals surface area contributed by atoms with Gasteiger partial charge in [0.2, 0.25) is 0 Å². The number of Topliss-reactive ketones (excluding diaryl/α,β-unsaturated/α-hetero) is 1. The lowest BCUT2D eigenvalue weighted by Gasteiger charge is -2.37. The normalized spacial score (nSPS) is 22.0. The van der Waals surface area contributed by atoms with Crippen molar-refractivity contribution < 1.29 is 14.3 Å². The van der Waals surface area contributed by atoms with Gasteiger partial charge in [0.1, 0.15) is 12.2 Å². The molecule has 3 nitrogen and oxygen atoms in total. The Morgan fingerprint density at radius 1 is 1.30 bits per heavy atom. The highest BCUT2D eigenvalue weighted by molar-refractivity contribution is 5.98. The van der Waals surface area contributed by atoms with Crippen LogP contribution in [0.15, 0.2) is 24.3 Å². The maximum absolute atomic E-state index is 12.0. The first-order valence-corrected chi connectivity index (χ1v) is 8.32. The summed E-state index contributed by atoms with van der Waals surface area (Å²) in [4.78, 5) is 23.9. The van der Waals surface area contributed by atoms with Crippen molar-refractivity contribution in [2.45, 2.75) is 58.5 Å². The predicted octanol–water partition coefficient (Wildman–Crippen LogP) is 3.82. The number of carbonyl (C=O) groups is 2. The Morgan fingerprint density at radius 2 is 2.09 bits per heavy atom. The number of hydrogen-bond donors (Lipinski definition) is 0. The second kappa shape index (κ2) is 7.46. The third kappa shape index (κ3) is 4.22. The average molecular weight is 312 g/mol. The van der Waals surface area contributed by atoms with Gasteiger partial charge < -0.3 is 4.74 Å². The van der Waals surface area contributed by atoms with E-state index in [-0.39, 0.29) is 24.5 Å². The van der Waals surface area contributed by atoms with Crippen LogP contribution in [0, 0.1) is 24.7 Å². The van der Waals surface area contributed by atoms with Crippen molar-refractivity contribution in [3.8, 4) is 11.8 Å². The molecule has 0 aromatic heterocycles. The molecule has 23 heavy (non-hydrogen) atoms. The highest BCUT2D eigenvalue weighted by Gasteiger charge is 2.45. The van der Waals surface area contributed by atoms with E-state index < -0.39 is 11.6 Å². The van der Waals surface area contributed by atoms with Crippen molar-refractivity contribution in [3.05, 3.63) is 35.4 Å². The predicted molar refractivity (Wildman–Crippen MR) is 89.8 cm³/mol. The standard InChI is InChI=1S/C20H24O3/c1-4-7-17(5-2)20(14-18(21)13-19(22)23-20)11-10-16-9-6-8-15(3)12-16/h6,8-9,12,17H,4-5,7,13-14H2,1-3H3. The van der Waals surface area contributed by atoms with Gasteiger partial charge in [0.05, 0.1) is 6.42 Å². The van der Waals surface area contributed by atoms with Crippen LogP contribution in [0.3, 0.4) is 0 Å². The van der Waals surface area contributed by atoms with Crippen molar-refractivity contribution >= 4 is 11.8 Å². The van der Waals surface area contributed by atoms with E-state index in [9.17, 15) is 9.59 Å². The largest absolute Gasteiger partial charge is 0.445 e. The fraction of sp³-hybridized carbons (Fsp3) is 0.500. The van der Waals surface area contributed by atoms with Crippen molar-refractivity contribution in [1.29, 1.82) is 0 Å². The molecule has 1 aromatic carbocycles. The van der Waals surface area contributed by atoms with Gasteiger partial charge in [0.25, 0.3) is 0 Å². The molecule has 1 heterocycles. The molecule has 2 unspecified atom stereocenters. The molecule has 2 rings (SSSR count). The number of cyclic esters (lactones) is 1. The first kappa shape index (κ1) is 17.3. The van der Waals surface area contributed by atoms with Crippen LogP contribution in [0.5, 0.6) is 0 Å². The summed E-state index contributed by atoms with van der Waals surface area (Å²) in [6.45, 7) is 6.16. The molecular weight excluding hydrogens is 288 g/mol. The molecule has 1 aliphatic heterocycles. The van der Waals surface area contributed by atoms with E-state index in [1.165, 1.54) is 0 Å². The van der Waals surface area contributed by atoms with Crippen LogP contribution >= 0.6 is 0 Å². The van der Waals surface area contributed by atoms with E-state index in [1.807, 2.05) is 31.2 Å². The molecule has 0 N–H and O–H groups in total. The minimum absolute atomic E-state index is 0.0747. The van der Waals surface area contributed by atoms with Gasteiger partial charge >= 0.3 is 5.97 Å². The minimum atomic E-state index is -0.971. The Kier molecular flexibility index (Phi) is 5.60. The summed E-state index contributed by atoms with van der Waals surface area (Å²) >= 11 is 0. The molecule has 1 aliphatic rings. The first-order valence-electron chi connectivity index (χ1n) is 8.32. The van der Waals surface area contributed by atoms with Crippen LogP contribution in [-0.4, -0.2) is 17.4 Å². The van der Waals surface area contributed by atoms with Crippen LogP contribution in [0.4, 0.5) is 0 Å². The third-order valence-electron chi connectivity index (χ3n) is 4.32. The topological polar surface area (TPSA) is 43.4 Å². The van der Waals surface area contributed by atoms with E-state index in [2.05, 4.69) is 25.7 Å². The van der Waals surface area contributed by atoms with Gasteiger partial charge in [0.15, 0.2) is 5.60 Å². The zero-order valence-corrected chi connectivity index (χ0v) is 14.1. The average Bonchev–Trinajstić information content (AvgIpc) is 2.50. The molecule has 0 aliphatic carbocycles. The Morgan fingerprint density at radius 3 is 2.70 bits per heavy atom. The molecular formula is C20H24O3. The second-order valence-electron chi connectivity index (χ2n) is 6.27. The van der Waals surface area contributed by atoms with Crippen molar-refractivity contribution in [2.75, 3.05) is 0 Å². The maximum atomic E-state index is 12.0. The Labute approximate surface area is 138 Å². The number of carbonyl (C=O) groups excluding carboxylic acids is 2. The smallest absolute Gasteiger partial charge is 0.314 e. The summed E-state index contributed by atoms with van der Waals surface area (Å²) in [5, 5.41) is 0. The lowest BCUT2D eigenvalue weighted by molar-refractivity contribution is -0.169. The SMILES string of the molecule is CCCC(CC)C1(C#Cc2cccc(C)c2)CC(=O)CC(=O)O1. The van der Waals surface area contributed by atoms with Crippen LogP contribution in [0.25, 0.3) is 0 Å². The molecule has 3 heteroatoms. The van der Waals surface area contributed by atoms with Crippen molar-refractivity contribution in [2.24, 2.45) is 5.92 Å². The summed E-state index contributed by atoms with van der Waals surface area (Å²) in [5.41, 5.74) is 1.04. The van der Waals surface area contributed by atoms with Crippen LogP contribution in [0.1, 0.15) is 57.1 Å². The summed E-state index contributed by atoms with van der Waals surface area (Å²) in [6.07, 6.45) is 2.76. The summed E-state index contributed by atoms with van der Waals surface area (Å²) in [5.74, 6) is 5.85. The number of ketones is 1. The Hall–Kier alpha value is -2.08. The zero-order chi connectivity index (χ0) is 16.9. The van der Waals surface area contributed by atoms with Gasteiger partial charge in [-0.3, -0.25) is 9.59 Å². The van der Waals surface area contributed by atoms with Crippen LogP contribution in [0.2, 0.25) is 0 Å². The molecule has 0 saturated carbocycles. The highest BCUT2D eigenvalue weighted by atomic mass is 16.6. The van der Waals surface area contributed by atoms with Crippen LogP contribution in [-0.2, 0) is 14.3 Å². The number of esters is 1.